The Morgan fingerprint density at radius 1 is 0.947 bits per heavy atom. The molecular formula is C15H8F4. The van der Waals surface area contributed by atoms with Gasteiger partial charge in [-0.3, -0.25) is 0 Å². The summed E-state index contributed by atoms with van der Waals surface area (Å²) in [6, 6.07) is 6.63. The van der Waals surface area contributed by atoms with Crippen molar-refractivity contribution in [1.82, 2.24) is 0 Å². The van der Waals surface area contributed by atoms with Crippen LogP contribution in [-0.2, 0) is 0 Å². The Bertz CT molecular complexity index is 766. The molecule has 0 saturated carbocycles. The molecule has 0 spiro atoms. The lowest BCUT2D eigenvalue weighted by Gasteiger charge is -2.18. The van der Waals surface area contributed by atoms with Crippen LogP contribution in [0.4, 0.5) is 17.6 Å². The first kappa shape index (κ1) is 12.0. The van der Waals surface area contributed by atoms with Gasteiger partial charge in [0.2, 0.25) is 0 Å². The molecule has 2 aliphatic rings. The molecule has 1 aromatic rings. The Kier molecular flexibility index (Phi) is 2.66. The molecule has 19 heavy (non-hydrogen) atoms. The summed E-state index contributed by atoms with van der Waals surface area (Å²) >= 11 is 0. The first-order chi connectivity index (χ1) is 9.11. The lowest BCUT2D eigenvalue weighted by Crippen LogP contribution is -2.31. The van der Waals surface area contributed by atoms with Crippen LogP contribution < -0.4 is 10.4 Å². The van der Waals surface area contributed by atoms with Crippen LogP contribution in [0.3, 0.4) is 0 Å². The molecule has 0 radical (unpaired) electrons. The van der Waals surface area contributed by atoms with Crippen LogP contribution >= 0.6 is 0 Å². The number of fused-ring (bicyclic) bond motifs is 2. The van der Waals surface area contributed by atoms with E-state index >= 15 is 0 Å². The molecule has 1 atom stereocenters. The highest BCUT2D eigenvalue weighted by molar-refractivity contribution is 5.79. The first-order valence-corrected chi connectivity index (χ1v) is 5.68. The Morgan fingerprint density at radius 2 is 1.68 bits per heavy atom. The van der Waals surface area contributed by atoms with Crippen molar-refractivity contribution in [2.45, 2.75) is 6.17 Å². The average molecular weight is 264 g/mol. The summed E-state index contributed by atoms with van der Waals surface area (Å²) in [5.41, 5.74) is -0.412. The van der Waals surface area contributed by atoms with Gasteiger partial charge in [-0.25, -0.2) is 17.6 Å². The van der Waals surface area contributed by atoms with Crippen LogP contribution in [0, 0.1) is 0 Å². The highest BCUT2D eigenvalue weighted by atomic mass is 19.2. The minimum atomic E-state index is -2.29. The van der Waals surface area contributed by atoms with E-state index in [1.54, 1.807) is 30.3 Å². The third-order valence-corrected chi connectivity index (χ3v) is 3.19. The van der Waals surface area contributed by atoms with Gasteiger partial charge in [-0.2, -0.15) is 0 Å². The van der Waals surface area contributed by atoms with Crippen LogP contribution in [0.2, 0.25) is 0 Å². The molecule has 0 amide bonds. The Morgan fingerprint density at radius 3 is 2.47 bits per heavy atom. The van der Waals surface area contributed by atoms with E-state index in [1.807, 2.05) is 0 Å². The molecule has 1 unspecified atom stereocenters. The van der Waals surface area contributed by atoms with Crippen LogP contribution in [0.5, 0.6) is 0 Å². The van der Waals surface area contributed by atoms with Crippen molar-refractivity contribution in [2.75, 3.05) is 0 Å². The van der Waals surface area contributed by atoms with E-state index in [0.717, 1.165) is 0 Å². The Hall–Kier alpha value is -2.10. The summed E-state index contributed by atoms with van der Waals surface area (Å²) < 4.78 is 54.5. The fraction of sp³-hybridized carbons (Fsp3) is 0.0667. The van der Waals surface area contributed by atoms with E-state index < -0.39 is 23.7 Å². The molecule has 0 aliphatic heterocycles. The van der Waals surface area contributed by atoms with Crippen molar-refractivity contribution < 1.29 is 17.6 Å². The molecule has 0 saturated heterocycles. The number of allylic oxidation sites excluding steroid dienone is 6. The molecule has 0 N–H and O–H groups in total. The summed E-state index contributed by atoms with van der Waals surface area (Å²) in [4.78, 5) is 0. The smallest absolute Gasteiger partial charge is 0.194 e. The van der Waals surface area contributed by atoms with Gasteiger partial charge < -0.3 is 0 Å². The summed E-state index contributed by atoms with van der Waals surface area (Å²) in [5.74, 6) is -4.82. The van der Waals surface area contributed by atoms with Gasteiger partial charge in [0, 0.05) is 11.1 Å². The molecule has 2 aliphatic carbocycles. The molecule has 0 heterocycles. The van der Waals surface area contributed by atoms with Crippen LogP contribution in [-0.4, -0.2) is 6.17 Å². The zero-order valence-corrected chi connectivity index (χ0v) is 9.63. The second-order valence-electron chi connectivity index (χ2n) is 4.28. The van der Waals surface area contributed by atoms with Crippen LogP contribution in [0.1, 0.15) is 0 Å². The molecule has 3 rings (SSSR count). The van der Waals surface area contributed by atoms with Crippen molar-refractivity contribution >= 4 is 11.6 Å². The highest BCUT2D eigenvalue weighted by Crippen LogP contribution is 2.39. The van der Waals surface area contributed by atoms with E-state index in [2.05, 4.69) is 0 Å². The minimum absolute atomic E-state index is 0.169. The number of hydrogen-bond donors (Lipinski definition) is 0. The fourth-order valence-corrected chi connectivity index (χ4v) is 2.30. The van der Waals surface area contributed by atoms with Crippen molar-refractivity contribution in [1.29, 1.82) is 0 Å². The summed E-state index contributed by atoms with van der Waals surface area (Å²) in [5, 5.41) is 1.00. The largest absolute Gasteiger partial charge is 0.234 e. The minimum Gasteiger partial charge on any atom is -0.234 e. The molecule has 96 valence electrons. The van der Waals surface area contributed by atoms with E-state index in [9.17, 15) is 17.6 Å². The molecule has 0 bridgehead atoms. The van der Waals surface area contributed by atoms with Crippen molar-refractivity contribution in [3.8, 4) is 0 Å². The average Bonchev–Trinajstić information content (AvgIpc) is 2.62. The number of rotatable bonds is 0. The molecule has 0 fully saturated rings. The quantitative estimate of drug-likeness (QED) is 0.632. The standard InChI is InChI=1S/C15H8F4/c16-12-10-7-3-5-8-4-1-2-6-9(8)11(10)13(17)15(19)14(12)18/h1-7,13H. The molecule has 0 aromatic heterocycles. The predicted molar refractivity (Wildman–Crippen MR) is 65.0 cm³/mol. The third-order valence-electron chi connectivity index (χ3n) is 3.19. The predicted octanol–water partition coefficient (Wildman–Crippen LogP) is 2.91. The second-order valence-corrected chi connectivity index (χ2v) is 4.28. The number of benzene rings is 1. The topological polar surface area (TPSA) is 0 Å². The zero-order chi connectivity index (χ0) is 13.6. The van der Waals surface area contributed by atoms with Crippen molar-refractivity contribution in [3.05, 3.63) is 69.9 Å². The lowest BCUT2D eigenvalue weighted by molar-refractivity contribution is 0.356. The van der Waals surface area contributed by atoms with Gasteiger partial charge >= 0.3 is 0 Å². The molecular weight excluding hydrogens is 256 g/mol. The zero-order valence-electron chi connectivity index (χ0n) is 9.63. The maximum absolute atomic E-state index is 14.0. The Labute approximate surface area is 106 Å². The van der Waals surface area contributed by atoms with Gasteiger partial charge in [0.1, 0.15) is 0 Å². The lowest BCUT2D eigenvalue weighted by atomic mass is 9.92. The van der Waals surface area contributed by atoms with E-state index in [1.165, 1.54) is 12.2 Å². The number of hydrogen-bond acceptors (Lipinski definition) is 0. The number of alkyl halides is 1. The Balaban J connectivity index is 2.49. The maximum Gasteiger partial charge on any atom is 0.194 e. The summed E-state index contributed by atoms with van der Waals surface area (Å²) in [7, 11) is 0. The van der Waals surface area contributed by atoms with Gasteiger partial charge in [0.15, 0.2) is 23.7 Å². The maximum atomic E-state index is 14.0. The fourth-order valence-electron chi connectivity index (χ4n) is 2.30. The molecule has 1 aromatic carbocycles. The van der Waals surface area contributed by atoms with Gasteiger partial charge in [-0.05, 0) is 10.4 Å². The van der Waals surface area contributed by atoms with Crippen molar-refractivity contribution in [2.24, 2.45) is 0 Å². The van der Waals surface area contributed by atoms with Gasteiger partial charge in [-0.1, -0.05) is 42.5 Å². The van der Waals surface area contributed by atoms with Gasteiger partial charge in [0.25, 0.3) is 0 Å². The highest BCUT2D eigenvalue weighted by Gasteiger charge is 2.34. The van der Waals surface area contributed by atoms with E-state index in [4.69, 9.17) is 0 Å². The summed E-state index contributed by atoms with van der Waals surface area (Å²) in [6.07, 6.45) is 2.10. The van der Waals surface area contributed by atoms with E-state index in [-0.39, 0.29) is 11.1 Å². The normalized spacial score (nSPS) is 21.9. The number of halogens is 4. The van der Waals surface area contributed by atoms with Crippen LogP contribution in [0.15, 0.2) is 59.5 Å². The van der Waals surface area contributed by atoms with Gasteiger partial charge in [-0.15, -0.1) is 0 Å². The van der Waals surface area contributed by atoms with Gasteiger partial charge in [0.05, 0.1) is 0 Å². The molecule has 0 nitrogen and oxygen atoms in total. The molecule has 4 heteroatoms. The van der Waals surface area contributed by atoms with Crippen molar-refractivity contribution in [3.63, 3.8) is 0 Å². The van der Waals surface area contributed by atoms with Crippen LogP contribution in [0.25, 0.3) is 11.6 Å². The van der Waals surface area contributed by atoms with E-state index in [0.29, 0.717) is 10.4 Å². The first-order valence-electron chi connectivity index (χ1n) is 5.68. The monoisotopic (exact) mass is 264 g/mol. The second kappa shape index (κ2) is 4.23. The summed E-state index contributed by atoms with van der Waals surface area (Å²) in [6.45, 7) is 0. The SMILES string of the molecule is FC1=C2C=CC=c3ccccc3=C2C(F)C(F)=C1F. The third kappa shape index (κ3) is 1.67.